The lowest BCUT2D eigenvalue weighted by Crippen LogP contribution is -2.52. The summed E-state index contributed by atoms with van der Waals surface area (Å²) in [6, 6.07) is 5.16. The van der Waals surface area contributed by atoms with Crippen molar-refractivity contribution in [1.82, 2.24) is 10.8 Å². The van der Waals surface area contributed by atoms with Gasteiger partial charge in [0.15, 0.2) is 0 Å². The number of aliphatic hydroxyl groups excluding tert-OH is 1. The normalized spacial score (nSPS) is 13.3. The zero-order valence-electron chi connectivity index (χ0n) is 10.7. The summed E-state index contributed by atoms with van der Waals surface area (Å²) in [6.07, 6.45) is -1.14. The summed E-state index contributed by atoms with van der Waals surface area (Å²) >= 11 is 0. The van der Waals surface area contributed by atoms with Crippen LogP contribution in [0.3, 0.4) is 0 Å². The Balaban J connectivity index is 2.62. The van der Waals surface area contributed by atoms with Crippen molar-refractivity contribution in [3.63, 3.8) is 0 Å². The van der Waals surface area contributed by atoms with Gasteiger partial charge in [-0.05, 0) is 26.0 Å². The highest BCUT2D eigenvalue weighted by Crippen LogP contribution is 2.08. The van der Waals surface area contributed by atoms with Crippen LogP contribution in [0.4, 0.5) is 10.5 Å². The van der Waals surface area contributed by atoms with E-state index in [9.17, 15) is 14.7 Å². The van der Waals surface area contributed by atoms with Gasteiger partial charge in [-0.15, -0.1) is 0 Å². The molecule has 0 aliphatic rings. The fraction of sp³-hybridized carbons (Fsp3) is 0.333. The number of hydrogen-bond acceptors (Lipinski definition) is 4. The summed E-state index contributed by atoms with van der Waals surface area (Å²) in [4.78, 5) is 22.9. The highest BCUT2D eigenvalue weighted by molar-refractivity contribution is 5.93. The summed E-state index contributed by atoms with van der Waals surface area (Å²) in [6.45, 7) is 3.24. The second-order valence-corrected chi connectivity index (χ2v) is 4.16. The Morgan fingerprint density at radius 1 is 1.21 bits per heavy atom. The Labute approximate surface area is 110 Å². The average Bonchev–Trinajstić information content (AvgIpc) is 2.37. The molecule has 0 spiro atoms. The minimum absolute atomic E-state index is 0.553. The number of hydrogen-bond donors (Lipinski definition) is 5. The van der Waals surface area contributed by atoms with Crippen molar-refractivity contribution in [2.75, 3.05) is 5.32 Å². The van der Waals surface area contributed by atoms with E-state index >= 15 is 0 Å². The molecular weight excluding hydrogens is 250 g/mol. The van der Waals surface area contributed by atoms with Crippen molar-refractivity contribution >= 4 is 17.6 Å². The van der Waals surface area contributed by atoms with E-state index in [1.165, 1.54) is 12.4 Å². The number of rotatable bonds is 4. The monoisotopic (exact) mass is 267 g/mol. The molecule has 1 rings (SSSR count). The van der Waals surface area contributed by atoms with Crippen molar-refractivity contribution in [2.24, 2.45) is 0 Å². The molecule has 0 saturated carbocycles. The first-order valence-corrected chi connectivity index (χ1v) is 5.70. The molecular formula is C12H17N3O4. The molecule has 0 heterocycles. The van der Waals surface area contributed by atoms with Crippen LogP contribution in [0.15, 0.2) is 24.3 Å². The van der Waals surface area contributed by atoms with Crippen LogP contribution >= 0.6 is 0 Å². The molecule has 0 aliphatic carbocycles. The second-order valence-electron chi connectivity index (χ2n) is 4.16. The molecule has 0 aliphatic heterocycles. The van der Waals surface area contributed by atoms with E-state index < -0.39 is 24.1 Å². The largest absolute Gasteiger partial charge is 0.391 e. The molecule has 19 heavy (non-hydrogen) atoms. The Morgan fingerprint density at radius 3 is 2.26 bits per heavy atom. The van der Waals surface area contributed by atoms with Gasteiger partial charge in [0.05, 0.1) is 6.10 Å². The predicted molar refractivity (Wildman–Crippen MR) is 68.7 cm³/mol. The van der Waals surface area contributed by atoms with Crippen LogP contribution in [0.5, 0.6) is 0 Å². The van der Waals surface area contributed by atoms with Gasteiger partial charge in [0.1, 0.15) is 6.04 Å². The van der Waals surface area contributed by atoms with Gasteiger partial charge in [0.25, 0.3) is 5.91 Å². The van der Waals surface area contributed by atoms with Gasteiger partial charge < -0.3 is 15.7 Å². The minimum Gasteiger partial charge on any atom is -0.391 e. The van der Waals surface area contributed by atoms with E-state index in [2.05, 4.69) is 10.6 Å². The number of hydroxylamine groups is 1. The van der Waals surface area contributed by atoms with E-state index in [1.807, 2.05) is 19.1 Å². The molecule has 0 aromatic heterocycles. The molecule has 1 aromatic rings. The maximum atomic E-state index is 11.6. The smallest absolute Gasteiger partial charge is 0.319 e. The first-order valence-electron chi connectivity index (χ1n) is 5.70. The molecule has 2 atom stereocenters. The van der Waals surface area contributed by atoms with E-state index in [1.54, 1.807) is 12.1 Å². The SMILES string of the molecule is Cc1ccc(NC(=O)NC(C(=O)NO)[C@H](C)O)cc1. The highest BCUT2D eigenvalue weighted by Gasteiger charge is 2.25. The van der Waals surface area contributed by atoms with Gasteiger partial charge in [0.2, 0.25) is 0 Å². The second kappa shape index (κ2) is 6.72. The Bertz CT molecular complexity index is 445. The van der Waals surface area contributed by atoms with Crippen LogP contribution in [0.1, 0.15) is 12.5 Å². The van der Waals surface area contributed by atoms with Gasteiger partial charge in [-0.1, -0.05) is 17.7 Å². The number of aliphatic hydroxyl groups is 1. The molecule has 7 nitrogen and oxygen atoms in total. The zero-order valence-corrected chi connectivity index (χ0v) is 10.7. The van der Waals surface area contributed by atoms with E-state index in [0.29, 0.717) is 5.69 Å². The number of urea groups is 1. The lowest BCUT2D eigenvalue weighted by atomic mass is 10.2. The molecule has 0 fully saturated rings. The van der Waals surface area contributed by atoms with Crippen LogP contribution in [0.2, 0.25) is 0 Å². The Hall–Kier alpha value is -2.12. The lowest BCUT2D eigenvalue weighted by molar-refractivity contribution is -0.133. The molecule has 1 aromatic carbocycles. The van der Waals surface area contributed by atoms with Gasteiger partial charge in [-0.3, -0.25) is 10.0 Å². The number of amides is 3. The number of carbonyl (C=O) groups excluding carboxylic acids is 2. The van der Waals surface area contributed by atoms with E-state index in [-0.39, 0.29) is 0 Å². The lowest BCUT2D eigenvalue weighted by Gasteiger charge is -2.19. The Morgan fingerprint density at radius 2 is 1.79 bits per heavy atom. The molecule has 5 N–H and O–H groups in total. The van der Waals surface area contributed by atoms with Crippen LogP contribution in [0.25, 0.3) is 0 Å². The van der Waals surface area contributed by atoms with Crippen LogP contribution < -0.4 is 16.1 Å². The number of benzene rings is 1. The quantitative estimate of drug-likeness (QED) is 0.401. The molecule has 0 radical (unpaired) electrons. The Kier molecular flexibility index (Phi) is 5.28. The molecule has 3 amide bonds. The van der Waals surface area contributed by atoms with Crippen molar-refractivity contribution in [1.29, 1.82) is 0 Å². The summed E-state index contributed by atoms with van der Waals surface area (Å²) in [7, 11) is 0. The van der Waals surface area contributed by atoms with E-state index in [4.69, 9.17) is 5.21 Å². The van der Waals surface area contributed by atoms with Gasteiger partial charge in [-0.25, -0.2) is 10.3 Å². The predicted octanol–water partition coefficient (Wildman–Crippen LogP) is 0.371. The number of aryl methyl sites for hydroxylation is 1. The first kappa shape index (κ1) is 14.9. The van der Waals surface area contributed by atoms with E-state index in [0.717, 1.165) is 5.56 Å². The molecule has 1 unspecified atom stereocenters. The van der Waals surface area contributed by atoms with Crippen LogP contribution in [0, 0.1) is 6.92 Å². The standard InChI is InChI=1S/C12H17N3O4/c1-7-3-5-9(6-4-7)13-12(18)14-10(8(2)16)11(17)15-19/h3-6,8,10,16,19H,1-2H3,(H,15,17)(H2,13,14,18)/t8-,10?/m0/s1. The fourth-order valence-corrected chi connectivity index (χ4v) is 1.42. The maximum absolute atomic E-state index is 11.6. The third-order valence-electron chi connectivity index (χ3n) is 2.47. The molecule has 0 bridgehead atoms. The molecule has 104 valence electrons. The number of nitrogens with one attached hydrogen (secondary N) is 3. The zero-order chi connectivity index (χ0) is 14.4. The maximum Gasteiger partial charge on any atom is 0.319 e. The highest BCUT2D eigenvalue weighted by atomic mass is 16.5. The van der Waals surface area contributed by atoms with Crippen LogP contribution in [-0.2, 0) is 4.79 Å². The third-order valence-corrected chi connectivity index (χ3v) is 2.47. The van der Waals surface area contributed by atoms with Gasteiger partial charge in [0, 0.05) is 5.69 Å². The summed E-state index contributed by atoms with van der Waals surface area (Å²) in [5.41, 5.74) is 2.98. The molecule has 0 saturated heterocycles. The summed E-state index contributed by atoms with van der Waals surface area (Å²) in [5, 5.41) is 22.6. The third kappa shape index (κ3) is 4.57. The first-order chi connectivity index (χ1) is 8.93. The fourth-order valence-electron chi connectivity index (χ4n) is 1.42. The van der Waals surface area contributed by atoms with Crippen LogP contribution in [-0.4, -0.2) is 34.4 Å². The summed E-state index contributed by atoms with van der Waals surface area (Å²) in [5.74, 6) is -0.894. The van der Waals surface area contributed by atoms with Crippen molar-refractivity contribution in [2.45, 2.75) is 26.0 Å². The van der Waals surface area contributed by atoms with Gasteiger partial charge in [-0.2, -0.15) is 0 Å². The van der Waals surface area contributed by atoms with Gasteiger partial charge >= 0.3 is 6.03 Å². The van der Waals surface area contributed by atoms with Crippen molar-refractivity contribution in [3.8, 4) is 0 Å². The number of carbonyl (C=O) groups is 2. The summed E-state index contributed by atoms with van der Waals surface area (Å²) < 4.78 is 0. The number of anilines is 1. The molecule has 7 heteroatoms. The van der Waals surface area contributed by atoms with Crippen molar-refractivity contribution < 1.29 is 19.9 Å². The minimum atomic E-state index is -1.24. The average molecular weight is 267 g/mol. The van der Waals surface area contributed by atoms with Crippen molar-refractivity contribution in [3.05, 3.63) is 29.8 Å². The topological polar surface area (TPSA) is 111 Å².